The molecule has 3 atom stereocenters. The van der Waals surface area contributed by atoms with Gasteiger partial charge in [-0.2, -0.15) is 0 Å². The van der Waals surface area contributed by atoms with Gasteiger partial charge in [0.15, 0.2) is 5.60 Å². The Morgan fingerprint density at radius 1 is 1.11 bits per heavy atom. The Kier molecular flexibility index (Phi) is 4.72. The van der Waals surface area contributed by atoms with Crippen molar-refractivity contribution in [3.8, 4) is 0 Å². The largest absolute Gasteiger partial charge is 0.479 e. The van der Waals surface area contributed by atoms with Crippen LogP contribution >= 0.6 is 0 Å². The van der Waals surface area contributed by atoms with Crippen LogP contribution in [0.3, 0.4) is 0 Å². The minimum absolute atomic E-state index is 0.0955. The van der Waals surface area contributed by atoms with Crippen LogP contribution < -0.4 is 10.4 Å². The summed E-state index contributed by atoms with van der Waals surface area (Å²) in [5, 5.41) is 11.8. The third-order valence-corrected chi connectivity index (χ3v) is 11.2. The van der Waals surface area contributed by atoms with Gasteiger partial charge in [0.05, 0.1) is 12.7 Å². The van der Waals surface area contributed by atoms with Crippen LogP contribution in [0.1, 0.15) is 33.6 Å². The molecule has 2 fully saturated rings. The Hall–Kier alpha value is -1.95. The van der Waals surface area contributed by atoms with E-state index < -0.39 is 19.9 Å². The van der Waals surface area contributed by atoms with E-state index in [9.17, 15) is 9.90 Å². The van der Waals surface area contributed by atoms with Crippen LogP contribution in [-0.2, 0) is 14.0 Å². The normalized spacial score (nSPS) is 26.7. The molecule has 1 heterocycles. The number of aliphatic carboxylic acids is 1. The lowest BCUT2D eigenvalue weighted by Crippen LogP contribution is -2.67. The molecule has 0 radical (unpaired) electrons. The van der Waals surface area contributed by atoms with Crippen LogP contribution in [0.15, 0.2) is 60.7 Å². The molecule has 4 nitrogen and oxygen atoms in total. The number of carboxylic acid groups (broad SMARTS) is 1. The maximum atomic E-state index is 11.6. The number of carbonyl (C=O) groups is 1. The van der Waals surface area contributed by atoms with E-state index in [1.807, 2.05) is 12.1 Å². The number of ether oxygens (including phenoxy) is 1. The zero-order valence-electron chi connectivity index (χ0n) is 16.7. The summed E-state index contributed by atoms with van der Waals surface area (Å²) in [6, 6.07) is 21.0. The van der Waals surface area contributed by atoms with Gasteiger partial charge in [0.1, 0.15) is 0 Å². The Morgan fingerprint density at radius 3 is 2.07 bits per heavy atom. The van der Waals surface area contributed by atoms with Crippen molar-refractivity contribution in [3.63, 3.8) is 0 Å². The summed E-state index contributed by atoms with van der Waals surface area (Å²) in [5.41, 5.74) is -0.945. The monoisotopic (exact) mass is 396 g/mol. The van der Waals surface area contributed by atoms with Crippen molar-refractivity contribution in [3.05, 3.63) is 60.7 Å². The van der Waals surface area contributed by atoms with Crippen LogP contribution in [0.2, 0.25) is 5.04 Å². The van der Waals surface area contributed by atoms with Gasteiger partial charge in [-0.15, -0.1) is 0 Å². The van der Waals surface area contributed by atoms with E-state index in [1.165, 1.54) is 10.4 Å². The fraction of sp³-hybridized carbons (Fsp3) is 0.435. The van der Waals surface area contributed by atoms with E-state index in [0.717, 1.165) is 6.42 Å². The van der Waals surface area contributed by atoms with Crippen molar-refractivity contribution in [2.24, 2.45) is 5.92 Å². The van der Waals surface area contributed by atoms with Gasteiger partial charge in [0, 0.05) is 5.92 Å². The fourth-order valence-corrected chi connectivity index (χ4v) is 9.37. The van der Waals surface area contributed by atoms with E-state index >= 15 is 0 Å². The lowest BCUT2D eigenvalue weighted by molar-refractivity contribution is -0.155. The maximum absolute atomic E-state index is 11.6. The van der Waals surface area contributed by atoms with Gasteiger partial charge in [-0.05, 0) is 28.3 Å². The Balaban J connectivity index is 1.67. The standard InChI is InChI=1S/C23H28O4Si/c1-22(2,3)28(19-10-6-4-7-11-19,20-12-8-5-9-13-20)26-16-18-14-17-15-23(17,27-18)21(24)25/h4-13,17-18H,14-16H2,1-3H3,(H,24,25)/t17-,18-,23+/m0/s1. The lowest BCUT2D eigenvalue weighted by Gasteiger charge is -2.43. The Labute approximate surface area is 167 Å². The summed E-state index contributed by atoms with van der Waals surface area (Å²) >= 11 is 0. The second kappa shape index (κ2) is 6.83. The SMILES string of the molecule is CC(C)(C)[Si](OC[C@@H]1C[C@H]2C[C@@]2(C(=O)O)O1)(c1ccccc1)c1ccccc1. The number of hydrogen-bond acceptors (Lipinski definition) is 3. The van der Waals surface area contributed by atoms with Crippen molar-refractivity contribution in [2.75, 3.05) is 6.61 Å². The molecule has 0 bridgehead atoms. The second-order valence-corrected chi connectivity index (χ2v) is 13.4. The summed E-state index contributed by atoms with van der Waals surface area (Å²) in [7, 11) is -2.60. The molecule has 1 aliphatic heterocycles. The average molecular weight is 397 g/mol. The fourth-order valence-electron chi connectivity index (χ4n) is 4.78. The van der Waals surface area contributed by atoms with Crippen molar-refractivity contribution in [2.45, 2.75) is 50.4 Å². The predicted octanol–water partition coefficient (Wildman–Crippen LogP) is 3.20. The quantitative estimate of drug-likeness (QED) is 0.762. The summed E-state index contributed by atoms with van der Waals surface area (Å²) in [4.78, 5) is 11.6. The molecule has 1 saturated carbocycles. The smallest absolute Gasteiger partial charge is 0.336 e. The molecule has 2 aromatic rings. The van der Waals surface area contributed by atoms with Crippen LogP contribution in [0, 0.1) is 5.92 Å². The van der Waals surface area contributed by atoms with Gasteiger partial charge in [0.2, 0.25) is 0 Å². The van der Waals surface area contributed by atoms with Gasteiger partial charge in [-0.25, -0.2) is 4.79 Å². The zero-order chi connectivity index (χ0) is 20.0. The van der Waals surface area contributed by atoms with Crippen molar-refractivity contribution in [1.82, 2.24) is 0 Å². The highest BCUT2D eigenvalue weighted by atomic mass is 28.4. The molecule has 0 aromatic heterocycles. The summed E-state index contributed by atoms with van der Waals surface area (Å²) in [6.07, 6.45) is 1.25. The van der Waals surface area contributed by atoms with E-state index in [2.05, 4.69) is 69.3 Å². The molecule has 4 rings (SSSR count). The third kappa shape index (κ3) is 3.02. The third-order valence-electron chi connectivity index (χ3n) is 6.24. The van der Waals surface area contributed by atoms with Gasteiger partial charge in [-0.3, -0.25) is 0 Å². The van der Waals surface area contributed by atoms with Crippen LogP contribution in [0.25, 0.3) is 0 Å². The van der Waals surface area contributed by atoms with E-state index in [-0.39, 0.29) is 17.1 Å². The van der Waals surface area contributed by atoms with E-state index in [0.29, 0.717) is 13.0 Å². The first-order chi connectivity index (χ1) is 13.3. The van der Waals surface area contributed by atoms with Gasteiger partial charge in [-0.1, -0.05) is 81.4 Å². The first-order valence-corrected chi connectivity index (χ1v) is 11.9. The average Bonchev–Trinajstić information content (AvgIpc) is 3.25. The number of fused-ring (bicyclic) bond motifs is 1. The van der Waals surface area contributed by atoms with Gasteiger partial charge < -0.3 is 14.3 Å². The molecule has 0 unspecified atom stereocenters. The van der Waals surface area contributed by atoms with Crippen LogP contribution in [0.5, 0.6) is 0 Å². The molecule has 5 heteroatoms. The van der Waals surface area contributed by atoms with Crippen LogP contribution in [-0.4, -0.2) is 37.7 Å². The first kappa shape index (κ1) is 19.4. The Bertz CT molecular complexity index is 806. The maximum Gasteiger partial charge on any atom is 0.336 e. The van der Waals surface area contributed by atoms with Crippen molar-refractivity contribution in [1.29, 1.82) is 0 Å². The lowest BCUT2D eigenvalue weighted by atomic mass is 10.2. The molecule has 2 aromatic carbocycles. The van der Waals surface area contributed by atoms with E-state index in [1.54, 1.807) is 0 Å². The molecule has 0 spiro atoms. The number of carboxylic acids is 1. The molecule has 1 saturated heterocycles. The summed E-state index contributed by atoms with van der Waals surface area (Å²) < 4.78 is 12.8. The molecule has 2 aliphatic rings. The molecular weight excluding hydrogens is 368 g/mol. The molecule has 148 valence electrons. The molecule has 1 aliphatic carbocycles. The predicted molar refractivity (Wildman–Crippen MR) is 112 cm³/mol. The van der Waals surface area contributed by atoms with Crippen molar-refractivity contribution < 1.29 is 19.1 Å². The highest BCUT2D eigenvalue weighted by molar-refractivity contribution is 6.99. The van der Waals surface area contributed by atoms with Gasteiger partial charge >= 0.3 is 5.97 Å². The molecule has 28 heavy (non-hydrogen) atoms. The van der Waals surface area contributed by atoms with E-state index in [4.69, 9.17) is 9.16 Å². The highest BCUT2D eigenvalue weighted by Gasteiger charge is 2.67. The van der Waals surface area contributed by atoms with Crippen molar-refractivity contribution >= 4 is 24.7 Å². The highest BCUT2D eigenvalue weighted by Crippen LogP contribution is 2.56. The molecule has 1 N–H and O–H groups in total. The Morgan fingerprint density at radius 2 is 1.64 bits per heavy atom. The molecule has 0 amide bonds. The zero-order valence-corrected chi connectivity index (χ0v) is 17.7. The minimum Gasteiger partial charge on any atom is -0.479 e. The number of rotatable bonds is 6. The summed E-state index contributed by atoms with van der Waals surface area (Å²) in [5.74, 6) is -0.691. The number of hydrogen-bond donors (Lipinski definition) is 1. The minimum atomic E-state index is -2.60. The first-order valence-electron chi connectivity index (χ1n) is 9.96. The second-order valence-electron chi connectivity index (χ2n) is 9.05. The topological polar surface area (TPSA) is 55.8 Å². The van der Waals surface area contributed by atoms with Gasteiger partial charge in [0.25, 0.3) is 8.32 Å². The summed E-state index contributed by atoms with van der Waals surface area (Å²) in [6.45, 7) is 7.15. The number of benzene rings is 2. The molecular formula is C23H28O4Si. The van der Waals surface area contributed by atoms with Crippen LogP contribution in [0.4, 0.5) is 0 Å².